The van der Waals surface area contributed by atoms with E-state index in [1.165, 1.54) is 18.3 Å². The Labute approximate surface area is 144 Å². The number of hydrogen-bond donors (Lipinski definition) is 2. The molecule has 0 atom stereocenters. The highest BCUT2D eigenvalue weighted by Gasteiger charge is 2.04. The zero-order chi connectivity index (χ0) is 17.5. The summed E-state index contributed by atoms with van der Waals surface area (Å²) in [6.07, 6.45) is 1.41. The molecule has 2 N–H and O–H groups in total. The van der Waals surface area contributed by atoms with Gasteiger partial charge >= 0.3 is 0 Å². The molecule has 0 bridgehead atoms. The number of furan rings is 1. The summed E-state index contributed by atoms with van der Waals surface area (Å²) in [4.78, 5) is 11.7. The molecular weight excluding hydrogens is 321 g/mol. The van der Waals surface area contributed by atoms with Gasteiger partial charge in [-0.15, -0.1) is 0 Å². The third-order valence-electron chi connectivity index (χ3n) is 3.36. The van der Waals surface area contributed by atoms with Gasteiger partial charge < -0.3 is 9.73 Å². The summed E-state index contributed by atoms with van der Waals surface area (Å²) in [6.45, 7) is 0.111. The Bertz CT molecular complexity index is 858. The van der Waals surface area contributed by atoms with Crippen LogP contribution in [-0.2, 0) is 4.79 Å². The van der Waals surface area contributed by atoms with Crippen LogP contribution in [-0.4, -0.2) is 18.7 Å². The van der Waals surface area contributed by atoms with Gasteiger partial charge in [0.2, 0.25) is 0 Å². The van der Waals surface area contributed by atoms with Gasteiger partial charge in [-0.3, -0.25) is 4.79 Å². The van der Waals surface area contributed by atoms with Gasteiger partial charge in [-0.25, -0.2) is 9.82 Å². The monoisotopic (exact) mass is 337 g/mol. The number of carbonyl (C=O) groups excluding carboxylic acids is 1. The highest BCUT2D eigenvalue weighted by Crippen LogP contribution is 2.21. The quantitative estimate of drug-likeness (QED) is 0.533. The van der Waals surface area contributed by atoms with Crippen molar-refractivity contribution in [2.75, 3.05) is 11.9 Å². The fraction of sp³-hybridized carbons (Fsp3) is 0.0526. The molecule has 0 saturated heterocycles. The van der Waals surface area contributed by atoms with E-state index in [9.17, 15) is 9.18 Å². The summed E-state index contributed by atoms with van der Waals surface area (Å²) in [5, 5.41) is 6.84. The second-order valence-electron chi connectivity index (χ2n) is 5.22. The highest BCUT2D eigenvalue weighted by atomic mass is 19.1. The van der Waals surface area contributed by atoms with Crippen LogP contribution in [0.3, 0.4) is 0 Å². The van der Waals surface area contributed by atoms with E-state index < -0.39 is 0 Å². The number of hydrogen-bond acceptors (Lipinski definition) is 4. The maximum absolute atomic E-state index is 12.9. The number of hydrazone groups is 1. The van der Waals surface area contributed by atoms with Crippen LogP contribution in [0.4, 0.5) is 10.1 Å². The first-order valence-electron chi connectivity index (χ1n) is 7.67. The fourth-order valence-corrected chi connectivity index (χ4v) is 2.14. The summed E-state index contributed by atoms with van der Waals surface area (Å²) in [5.41, 5.74) is 4.04. The first-order chi connectivity index (χ1) is 12.2. The molecule has 0 spiro atoms. The Morgan fingerprint density at radius 1 is 1.04 bits per heavy atom. The minimum atomic E-state index is -0.302. The molecule has 0 aliphatic carbocycles. The van der Waals surface area contributed by atoms with E-state index in [1.54, 1.807) is 24.3 Å². The molecule has 0 aliphatic heterocycles. The van der Waals surface area contributed by atoms with E-state index in [2.05, 4.69) is 15.8 Å². The number of amides is 1. The predicted octanol–water partition coefficient (Wildman–Crippen LogP) is 3.65. The number of rotatable bonds is 6. The number of nitrogens with zero attached hydrogens (tertiary/aromatic N) is 1. The molecule has 0 saturated carbocycles. The van der Waals surface area contributed by atoms with E-state index in [1.807, 2.05) is 30.3 Å². The molecule has 0 aliphatic rings. The summed E-state index contributed by atoms with van der Waals surface area (Å²) in [6, 6.07) is 18.9. The standard InChI is InChI=1S/C19H16FN3O2/c20-15-8-6-14(7-9-15)18-11-10-17(25-18)12-22-23-19(24)13-21-16-4-2-1-3-5-16/h1-12,21H,13H2,(H,23,24). The molecule has 1 amide bonds. The number of halogens is 1. The number of benzene rings is 2. The van der Waals surface area contributed by atoms with Crippen LogP contribution in [0.25, 0.3) is 11.3 Å². The van der Waals surface area contributed by atoms with E-state index >= 15 is 0 Å². The zero-order valence-corrected chi connectivity index (χ0v) is 13.3. The van der Waals surface area contributed by atoms with Gasteiger partial charge in [-0.05, 0) is 48.5 Å². The molecule has 0 unspecified atom stereocenters. The molecule has 6 heteroatoms. The molecule has 0 radical (unpaired) electrons. The average molecular weight is 337 g/mol. The Balaban J connectivity index is 1.50. The predicted molar refractivity (Wildman–Crippen MR) is 94.8 cm³/mol. The lowest BCUT2D eigenvalue weighted by atomic mass is 10.2. The van der Waals surface area contributed by atoms with Gasteiger partial charge in [0.1, 0.15) is 17.3 Å². The van der Waals surface area contributed by atoms with Crippen LogP contribution < -0.4 is 10.7 Å². The van der Waals surface area contributed by atoms with Crippen molar-refractivity contribution in [3.63, 3.8) is 0 Å². The second-order valence-corrected chi connectivity index (χ2v) is 5.22. The minimum absolute atomic E-state index is 0.111. The van der Waals surface area contributed by atoms with E-state index in [0.29, 0.717) is 11.5 Å². The van der Waals surface area contributed by atoms with E-state index in [-0.39, 0.29) is 18.3 Å². The smallest absolute Gasteiger partial charge is 0.259 e. The maximum Gasteiger partial charge on any atom is 0.259 e. The maximum atomic E-state index is 12.9. The molecule has 2 aromatic carbocycles. The van der Waals surface area contributed by atoms with Crippen LogP contribution in [0.15, 0.2) is 76.2 Å². The Morgan fingerprint density at radius 2 is 1.80 bits per heavy atom. The Hall–Kier alpha value is -3.41. The third-order valence-corrected chi connectivity index (χ3v) is 3.36. The summed E-state index contributed by atoms with van der Waals surface area (Å²) < 4.78 is 18.5. The Kier molecular flexibility index (Phi) is 5.21. The second kappa shape index (κ2) is 7.92. The van der Waals surface area contributed by atoms with Crippen LogP contribution >= 0.6 is 0 Å². The lowest BCUT2D eigenvalue weighted by molar-refractivity contribution is -0.119. The summed E-state index contributed by atoms with van der Waals surface area (Å²) in [5.74, 6) is 0.503. The fourth-order valence-electron chi connectivity index (χ4n) is 2.14. The number of anilines is 1. The van der Waals surface area contributed by atoms with Crippen molar-refractivity contribution in [2.45, 2.75) is 0 Å². The lowest BCUT2D eigenvalue weighted by Gasteiger charge is -2.04. The highest BCUT2D eigenvalue weighted by molar-refractivity contribution is 5.83. The largest absolute Gasteiger partial charge is 0.455 e. The molecule has 1 heterocycles. The van der Waals surface area contributed by atoms with Crippen LogP contribution in [0, 0.1) is 5.82 Å². The third kappa shape index (κ3) is 4.78. The number of nitrogens with one attached hydrogen (secondary N) is 2. The van der Waals surface area contributed by atoms with Crippen molar-refractivity contribution in [1.29, 1.82) is 0 Å². The van der Waals surface area contributed by atoms with E-state index in [4.69, 9.17) is 4.42 Å². The van der Waals surface area contributed by atoms with Gasteiger partial charge in [-0.1, -0.05) is 18.2 Å². The normalized spacial score (nSPS) is 10.8. The van der Waals surface area contributed by atoms with Crippen molar-refractivity contribution in [3.8, 4) is 11.3 Å². The molecule has 3 rings (SSSR count). The number of carbonyl (C=O) groups is 1. The van der Waals surface area contributed by atoms with Crippen molar-refractivity contribution < 1.29 is 13.6 Å². The number of para-hydroxylation sites is 1. The molecule has 25 heavy (non-hydrogen) atoms. The summed E-state index contributed by atoms with van der Waals surface area (Å²) >= 11 is 0. The Morgan fingerprint density at radius 3 is 2.56 bits per heavy atom. The van der Waals surface area contributed by atoms with Gasteiger partial charge in [0.15, 0.2) is 0 Å². The van der Waals surface area contributed by atoms with Gasteiger partial charge in [-0.2, -0.15) is 5.10 Å². The zero-order valence-electron chi connectivity index (χ0n) is 13.3. The first kappa shape index (κ1) is 16.4. The first-order valence-corrected chi connectivity index (χ1v) is 7.67. The molecule has 5 nitrogen and oxygen atoms in total. The van der Waals surface area contributed by atoms with E-state index in [0.717, 1.165) is 11.3 Å². The van der Waals surface area contributed by atoms with Crippen molar-refractivity contribution >= 4 is 17.8 Å². The van der Waals surface area contributed by atoms with Crippen molar-refractivity contribution in [3.05, 3.63) is 78.3 Å². The molecule has 0 fully saturated rings. The van der Waals surface area contributed by atoms with Crippen molar-refractivity contribution in [2.24, 2.45) is 5.10 Å². The molecule has 3 aromatic rings. The topological polar surface area (TPSA) is 66.6 Å². The average Bonchev–Trinajstić information content (AvgIpc) is 3.10. The molecular formula is C19H16FN3O2. The lowest BCUT2D eigenvalue weighted by Crippen LogP contribution is -2.25. The van der Waals surface area contributed by atoms with Crippen molar-refractivity contribution in [1.82, 2.24) is 5.43 Å². The van der Waals surface area contributed by atoms with Crippen LogP contribution in [0.1, 0.15) is 5.76 Å². The summed E-state index contributed by atoms with van der Waals surface area (Å²) in [7, 11) is 0. The van der Waals surface area contributed by atoms with Gasteiger partial charge in [0.25, 0.3) is 5.91 Å². The van der Waals surface area contributed by atoms with Gasteiger partial charge in [0, 0.05) is 11.3 Å². The molecule has 126 valence electrons. The van der Waals surface area contributed by atoms with Crippen LogP contribution in [0.5, 0.6) is 0 Å². The van der Waals surface area contributed by atoms with Gasteiger partial charge in [0.05, 0.1) is 12.8 Å². The SMILES string of the molecule is O=C(CNc1ccccc1)NN=Cc1ccc(-c2ccc(F)cc2)o1. The molecule has 1 aromatic heterocycles. The van der Waals surface area contributed by atoms with Crippen LogP contribution in [0.2, 0.25) is 0 Å². The minimum Gasteiger partial charge on any atom is -0.455 e.